The molecular weight excluding hydrogens is 196 g/mol. The van der Waals surface area contributed by atoms with E-state index >= 15 is 0 Å². The molecule has 0 unspecified atom stereocenters. The second-order valence-corrected chi connectivity index (χ2v) is 13.4. The average Bonchev–Trinajstić information content (AvgIpc) is 2.49. The molecule has 1 saturated carbocycles. The van der Waals surface area contributed by atoms with Crippen molar-refractivity contribution in [1.82, 2.24) is 0 Å². The van der Waals surface area contributed by atoms with Gasteiger partial charge in [-0.1, -0.05) is 60.9 Å². The van der Waals surface area contributed by atoms with Crippen LogP contribution in [0.4, 0.5) is 0 Å². The van der Waals surface area contributed by atoms with E-state index in [0.29, 0.717) is 10.1 Å². The van der Waals surface area contributed by atoms with Gasteiger partial charge in [0.2, 0.25) is 0 Å². The molecule has 0 saturated heterocycles. The summed E-state index contributed by atoms with van der Waals surface area (Å²) in [6.07, 6.45) is 5.75. The Bertz CT molecular complexity index is 196. The van der Waals surface area contributed by atoms with Gasteiger partial charge in [0.15, 0.2) is 0 Å². The van der Waals surface area contributed by atoms with Crippen molar-refractivity contribution in [1.29, 1.82) is 0 Å². The van der Waals surface area contributed by atoms with Crippen molar-refractivity contribution in [2.24, 2.45) is 0 Å². The lowest BCUT2D eigenvalue weighted by Gasteiger charge is -2.53. The fraction of sp³-hybridized carbons (Fsp3) is 0.929. The maximum atomic E-state index is 2.63. The molecule has 0 bridgehead atoms. The normalized spacial score (nSPS) is 21.0. The van der Waals surface area contributed by atoms with E-state index in [2.05, 4.69) is 48.1 Å². The molecule has 1 rings (SSSR count). The van der Waals surface area contributed by atoms with Crippen molar-refractivity contribution in [3.63, 3.8) is 0 Å². The molecule has 0 aliphatic heterocycles. The van der Waals surface area contributed by atoms with E-state index in [0.717, 1.165) is 0 Å². The van der Waals surface area contributed by atoms with E-state index in [4.69, 9.17) is 0 Å². The van der Waals surface area contributed by atoms with Gasteiger partial charge in [0.1, 0.15) is 0 Å². The zero-order valence-corrected chi connectivity index (χ0v) is 12.8. The van der Waals surface area contributed by atoms with Crippen LogP contribution in [0.1, 0.15) is 67.2 Å². The minimum Gasteiger partial charge on any atom is -0.0680 e. The minimum atomic E-state index is -1.30. The van der Waals surface area contributed by atoms with Gasteiger partial charge in [-0.05, 0) is 28.5 Å². The second-order valence-electron chi connectivity index (χ2n) is 7.44. The van der Waals surface area contributed by atoms with Gasteiger partial charge in [0, 0.05) is 0 Å². The predicted octanol–water partition coefficient (Wildman–Crippen LogP) is 5.35. The second kappa shape index (κ2) is 3.91. The Morgan fingerprint density at radius 1 is 0.800 bits per heavy atom. The summed E-state index contributed by atoms with van der Waals surface area (Å²) in [5, 5.41) is 1.01. The van der Waals surface area contributed by atoms with Gasteiger partial charge in [-0.15, -0.1) is 0 Å². The fourth-order valence-electron chi connectivity index (χ4n) is 3.49. The summed E-state index contributed by atoms with van der Waals surface area (Å²) in [5.74, 6) is 0. The minimum absolute atomic E-state index is 0.505. The molecule has 1 heteroatoms. The van der Waals surface area contributed by atoms with Crippen molar-refractivity contribution in [2.45, 2.75) is 83.8 Å². The van der Waals surface area contributed by atoms with E-state index in [9.17, 15) is 0 Å². The zero-order valence-electron chi connectivity index (χ0n) is 11.8. The Labute approximate surface area is 97.9 Å². The Kier molecular flexibility index (Phi) is 3.46. The first-order chi connectivity index (χ1) is 6.61. The van der Waals surface area contributed by atoms with Crippen molar-refractivity contribution < 1.29 is 0 Å². The van der Waals surface area contributed by atoms with Crippen molar-refractivity contribution in [3.8, 4) is 0 Å². The highest BCUT2D eigenvalue weighted by Crippen LogP contribution is 2.58. The summed E-state index contributed by atoms with van der Waals surface area (Å²) in [6, 6.07) is 0. The molecule has 0 nitrogen and oxygen atoms in total. The van der Waals surface area contributed by atoms with Gasteiger partial charge in [0.25, 0.3) is 0 Å². The van der Waals surface area contributed by atoms with Crippen LogP contribution in [0.15, 0.2) is 0 Å². The van der Waals surface area contributed by atoms with Crippen molar-refractivity contribution >= 4 is 8.07 Å². The SMILES string of the molecule is CC(C)(C)[Si](C)([C]1CCCC1)C(C)(C)C. The summed E-state index contributed by atoms with van der Waals surface area (Å²) >= 11 is 0. The summed E-state index contributed by atoms with van der Waals surface area (Å²) in [6.45, 7) is 17.4. The first kappa shape index (κ1) is 13.3. The summed E-state index contributed by atoms with van der Waals surface area (Å²) in [7, 11) is -1.30. The molecule has 0 aromatic rings. The molecule has 15 heavy (non-hydrogen) atoms. The summed E-state index contributed by atoms with van der Waals surface area (Å²) < 4.78 is 0. The molecule has 1 fully saturated rings. The molecule has 1 aliphatic rings. The van der Waals surface area contributed by atoms with Gasteiger partial charge in [-0.3, -0.25) is 0 Å². The Morgan fingerprint density at radius 2 is 1.13 bits per heavy atom. The first-order valence-electron chi connectivity index (χ1n) is 6.46. The van der Waals surface area contributed by atoms with Crippen molar-refractivity contribution in [2.75, 3.05) is 0 Å². The van der Waals surface area contributed by atoms with Crippen LogP contribution in [0.3, 0.4) is 0 Å². The van der Waals surface area contributed by atoms with Crippen LogP contribution in [0.25, 0.3) is 0 Å². The molecule has 0 spiro atoms. The average molecular weight is 225 g/mol. The lowest BCUT2D eigenvalue weighted by molar-refractivity contribution is 0.606. The third kappa shape index (κ3) is 2.18. The van der Waals surface area contributed by atoms with E-state index in [1.165, 1.54) is 25.7 Å². The Morgan fingerprint density at radius 3 is 1.40 bits per heavy atom. The number of hydrogen-bond acceptors (Lipinski definition) is 0. The van der Waals surface area contributed by atoms with E-state index in [1.807, 2.05) is 5.54 Å². The molecular formula is C14H29Si. The lowest BCUT2D eigenvalue weighted by Crippen LogP contribution is -2.53. The van der Waals surface area contributed by atoms with E-state index in [1.54, 1.807) is 0 Å². The summed E-state index contributed by atoms with van der Waals surface area (Å²) in [5.41, 5.74) is 1.96. The Balaban J connectivity index is 3.06. The number of hydrogen-bond donors (Lipinski definition) is 0. The van der Waals surface area contributed by atoms with Gasteiger partial charge in [-0.2, -0.15) is 0 Å². The van der Waals surface area contributed by atoms with Crippen molar-refractivity contribution in [3.05, 3.63) is 5.54 Å². The third-order valence-corrected chi connectivity index (χ3v) is 12.8. The monoisotopic (exact) mass is 225 g/mol. The quantitative estimate of drug-likeness (QED) is 0.528. The predicted molar refractivity (Wildman–Crippen MR) is 72.8 cm³/mol. The van der Waals surface area contributed by atoms with Crippen LogP contribution >= 0.6 is 0 Å². The third-order valence-electron chi connectivity index (χ3n) is 4.91. The number of rotatable bonds is 1. The molecule has 1 radical (unpaired) electrons. The highest BCUT2D eigenvalue weighted by atomic mass is 28.3. The molecule has 1 aliphatic carbocycles. The van der Waals surface area contributed by atoms with Crippen LogP contribution in [-0.4, -0.2) is 8.07 Å². The molecule has 89 valence electrons. The van der Waals surface area contributed by atoms with Crippen LogP contribution in [-0.2, 0) is 0 Å². The zero-order chi connectivity index (χ0) is 11.9. The van der Waals surface area contributed by atoms with Gasteiger partial charge < -0.3 is 0 Å². The standard InChI is InChI=1S/C14H29Si/c1-13(2,3)15(7,14(4,5)6)12-10-8-9-11-12/h8-11H2,1-7H3. The van der Waals surface area contributed by atoms with E-state index < -0.39 is 8.07 Å². The van der Waals surface area contributed by atoms with Crippen LogP contribution in [0.5, 0.6) is 0 Å². The van der Waals surface area contributed by atoms with Crippen LogP contribution in [0.2, 0.25) is 16.6 Å². The highest BCUT2D eigenvalue weighted by Gasteiger charge is 2.53. The van der Waals surface area contributed by atoms with Gasteiger partial charge in [-0.25, -0.2) is 0 Å². The molecule has 0 atom stereocenters. The topological polar surface area (TPSA) is 0 Å². The highest BCUT2D eigenvalue weighted by molar-refractivity contribution is 6.88. The molecule has 0 N–H and O–H groups in total. The van der Waals surface area contributed by atoms with Crippen LogP contribution < -0.4 is 0 Å². The molecule has 0 aromatic carbocycles. The van der Waals surface area contributed by atoms with Gasteiger partial charge >= 0.3 is 0 Å². The largest absolute Gasteiger partial charge is 0.0680 e. The first-order valence-corrected chi connectivity index (χ1v) is 8.96. The smallest absolute Gasteiger partial charge is 0.0677 e. The van der Waals surface area contributed by atoms with Gasteiger partial charge in [0.05, 0.1) is 8.07 Å². The fourth-order valence-corrected chi connectivity index (χ4v) is 9.21. The lowest BCUT2D eigenvalue weighted by atomic mass is 10.2. The molecule has 0 aromatic heterocycles. The summed E-state index contributed by atoms with van der Waals surface area (Å²) in [4.78, 5) is 0. The molecule has 0 amide bonds. The molecule has 0 heterocycles. The maximum Gasteiger partial charge on any atom is 0.0677 e. The maximum absolute atomic E-state index is 2.63. The van der Waals surface area contributed by atoms with E-state index in [-0.39, 0.29) is 0 Å². The van der Waals surface area contributed by atoms with Crippen LogP contribution in [0, 0.1) is 5.54 Å². The Hall–Kier alpha value is 0.217.